The topological polar surface area (TPSA) is 72.5 Å². The molecule has 1 unspecified atom stereocenters. The van der Waals surface area contributed by atoms with Gasteiger partial charge in [-0.2, -0.15) is 0 Å². The van der Waals surface area contributed by atoms with Crippen LogP contribution in [0.5, 0.6) is 5.75 Å². The number of carboxylic acids is 1. The third kappa shape index (κ3) is 2.28. The molecule has 0 aromatic heterocycles. The van der Waals surface area contributed by atoms with Crippen LogP contribution in [0.2, 0.25) is 5.02 Å². The van der Waals surface area contributed by atoms with Gasteiger partial charge in [-0.25, -0.2) is 0 Å². The van der Waals surface area contributed by atoms with Gasteiger partial charge < -0.3 is 15.6 Å². The van der Waals surface area contributed by atoms with Crippen molar-refractivity contribution in [2.24, 2.45) is 5.73 Å². The molecule has 5 heteroatoms. The summed E-state index contributed by atoms with van der Waals surface area (Å²) in [6, 6.07) is 3.43. The largest absolute Gasteiger partial charge is 0.496 e. The van der Waals surface area contributed by atoms with Crippen LogP contribution in [-0.4, -0.2) is 24.7 Å². The minimum absolute atomic E-state index is 0.0190. The fraction of sp³-hybridized carbons (Fsp3) is 0.364. The molecule has 0 radical (unpaired) electrons. The molecule has 4 nitrogen and oxygen atoms in total. The number of rotatable bonds is 4. The molecule has 0 saturated heterocycles. The maximum atomic E-state index is 11.1. The van der Waals surface area contributed by atoms with Crippen molar-refractivity contribution in [2.45, 2.75) is 12.8 Å². The van der Waals surface area contributed by atoms with Crippen molar-refractivity contribution < 1.29 is 14.6 Å². The first-order chi connectivity index (χ1) is 7.52. The number of aliphatic carboxylic acids is 1. The molecule has 0 aliphatic carbocycles. The highest BCUT2D eigenvalue weighted by molar-refractivity contribution is 6.32. The molecule has 0 heterocycles. The van der Waals surface area contributed by atoms with Gasteiger partial charge in [0.2, 0.25) is 0 Å². The molecular formula is C11H14ClNO3. The second-order valence-electron chi connectivity index (χ2n) is 3.44. The van der Waals surface area contributed by atoms with Crippen molar-refractivity contribution in [3.63, 3.8) is 0 Å². The molecule has 88 valence electrons. The molecular weight excluding hydrogens is 230 g/mol. The molecule has 0 fully saturated rings. The first kappa shape index (κ1) is 12.8. The van der Waals surface area contributed by atoms with Gasteiger partial charge in [-0.1, -0.05) is 17.7 Å². The fourth-order valence-electron chi connectivity index (χ4n) is 1.62. The zero-order valence-electron chi connectivity index (χ0n) is 9.16. The lowest BCUT2D eigenvalue weighted by Gasteiger charge is -2.17. The van der Waals surface area contributed by atoms with E-state index in [0.29, 0.717) is 16.3 Å². The van der Waals surface area contributed by atoms with Crippen molar-refractivity contribution in [3.05, 3.63) is 28.3 Å². The lowest BCUT2D eigenvalue weighted by atomic mass is 9.96. The highest BCUT2D eigenvalue weighted by Gasteiger charge is 2.25. The quantitative estimate of drug-likeness (QED) is 0.846. The molecule has 0 aliphatic heterocycles. The minimum Gasteiger partial charge on any atom is -0.496 e. The lowest BCUT2D eigenvalue weighted by molar-refractivity contribution is -0.138. The molecule has 0 aliphatic rings. The summed E-state index contributed by atoms with van der Waals surface area (Å²) in [7, 11) is 1.48. The SMILES string of the molecule is COc1c(C)ccc(Cl)c1C(CN)C(=O)O. The van der Waals surface area contributed by atoms with E-state index in [0.717, 1.165) is 5.56 Å². The summed E-state index contributed by atoms with van der Waals surface area (Å²) in [6.07, 6.45) is 0. The first-order valence-electron chi connectivity index (χ1n) is 4.78. The van der Waals surface area contributed by atoms with Crippen molar-refractivity contribution in [1.29, 1.82) is 0 Å². The number of hydrogen-bond acceptors (Lipinski definition) is 3. The third-order valence-electron chi connectivity index (χ3n) is 2.43. The summed E-state index contributed by atoms with van der Waals surface area (Å²) < 4.78 is 5.19. The van der Waals surface area contributed by atoms with E-state index in [1.807, 2.05) is 6.92 Å². The number of carbonyl (C=O) groups is 1. The number of aryl methyl sites for hydroxylation is 1. The molecule has 0 saturated carbocycles. The van der Waals surface area contributed by atoms with Crippen LogP contribution in [0, 0.1) is 6.92 Å². The summed E-state index contributed by atoms with van der Waals surface area (Å²) in [5, 5.41) is 9.43. The van der Waals surface area contributed by atoms with Crippen LogP contribution in [0.15, 0.2) is 12.1 Å². The molecule has 0 amide bonds. The first-order valence-corrected chi connectivity index (χ1v) is 5.16. The van der Waals surface area contributed by atoms with Crippen molar-refractivity contribution in [1.82, 2.24) is 0 Å². The minimum atomic E-state index is -1.01. The van der Waals surface area contributed by atoms with Crippen LogP contribution in [-0.2, 0) is 4.79 Å². The average Bonchev–Trinajstić information content (AvgIpc) is 2.24. The van der Waals surface area contributed by atoms with Crippen LogP contribution >= 0.6 is 11.6 Å². The zero-order valence-corrected chi connectivity index (χ0v) is 9.91. The second-order valence-corrected chi connectivity index (χ2v) is 3.84. The lowest BCUT2D eigenvalue weighted by Crippen LogP contribution is -2.22. The number of benzene rings is 1. The maximum Gasteiger partial charge on any atom is 0.312 e. The molecule has 1 aromatic rings. The number of nitrogens with two attached hydrogens (primary N) is 1. The molecule has 16 heavy (non-hydrogen) atoms. The van der Waals surface area contributed by atoms with Crippen molar-refractivity contribution in [2.75, 3.05) is 13.7 Å². The van der Waals surface area contributed by atoms with E-state index < -0.39 is 11.9 Å². The van der Waals surface area contributed by atoms with Crippen LogP contribution in [0.1, 0.15) is 17.0 Å². The Morgan fingerprint density at radius 2 is 2.25 bits per heavy atom. The number of methoxy groups -OCH3 is 1. The predicted octanol–water partition coefficient (Wildman–Crippen LogP) is 1.78. The highest BCUT2D eigenvalue weighted by atomic mass is 35.5. The Kier molecular flexibility index (Phi) is 4.15. The summed E-state index contributed by atoms with van der Waals surface area (Å²) in [5.74, 6) is -1.36. The van der Waals surface area contributed by atoms with Gasteiger partial charge in [0.05, 0.1) is 13.0 Å². The Morgan fingerprint density at radius 3 is 2.69 bits per heavy atom. The molecule has 0 bridgehead atoms. The standard InChI is InChI=1S/C11H14ClNO3/c1-6-3-4-8(12)9(10(6)16-2)7(5-13)11(14)15/h3-4,7H,5,13H2,1-2H3,(H,14,15). The number of carboxylic acid groups (broad SMARTS) is 1. The number of ether oxygens (including phenoxy) is 1. The van der Waals surface area contributed by atoms with Gasteiger partial charge >= 0.3 is 5.97 Å². The normalized spacial score (nSPS) is 12.2. The van der Waals surface area contributed by atoms with Gasteiger partial charge in [0.15, 0.2) is 0 Å². The van der Waals surface area contributed by atoms with Gasteiger partial charge in [-0.3, -0.25) is 4.79 Å². The summed E-state index contributed by atoms with van der Waals surface area (Å²) >= 11 is 6.00. The fourth-order valence-corrected chi connectivity index (χ4v) is 1.90. The van der Waals surface area contributed by atoms with E-state index in [2.05, 4.69) is 0 Å². The summed E-state index contributed by atoms with van der Waals surface area (Å²) in [6.45, 7) is 1.81. The van der Waals surface area contributed by atoms with Crippen LogP contribution in [0.4, 0.5) is 0 Å². The van der Waals surface area contributed by atoms with Crippen LogP contribution < -0.4 is 10.5 Å². The second kappa shape index (κ2) is 5.18. The highest BCUT2D eigenvalue weighted by Crippen LogP contribution is 2.35. The monoisotopic (exact) mass is 243 g/mol. The number of halogens is 1. The Hall–Kier alpha value is -1.26. The molecule has 0 spiro atoms. The summed E-state index contributed by atoms with van der Waals surface area (Å²) in [5.41, 5.74) is 6.73. The van der Waals surface area contributed by atoms with Gasteiger partial charge in [-0.15, -0.1) is 0 Å². The Labute approximate surface area is 99.0 Å². The molecule has 1 aromatic carbocycles. The van der Waals surface area contributed by atoms with Crippen molar-refractivity contribution >= 4 is 17.6 Å². The molecule has 1 atom stereocenters. The maximum absolute atomic E-state index is 11.1. The van der Waals surface area contributed by atoms with Gasteiger partial charge in [0.1, 0.15) is 5.75 Å². The van der Waals surface area contributed by atoms with E-state index in [-0.39, 0.29) is 6.54 Å². The average molecular weight is 244 g/mol. The van der Waals surface area contributed by atoms with Crippen molar-refractivity contribution in [3.8, 4) is 5.75 Å². The van der Waals surface area contributed by atoms with E-state index >= 15 is 0 Å². The molecule has 3 N–H and O–H groups in total. The van der Waals surface area contributed by atoms with Gasteiger partial charge in [-0.05, 0) is 18.6 Å². The smallest absolute Gasteiger partial charge is 0.312 e. The molecule has 1 rings (SSSR count). The van der Waals surface area contributed by atoms with E-state index in [4.69, 9.17) is 27.2 Å². The van der Waals surface area contributed by atoms with E-state index in [9.17, 15) is 4.79 Å². The number of hydrogen-bond donors (Lipinski definition) is 2. The predicted molar refractivity (Wildman–Crippen MR) is 62.2 cm³/mol. The Morgan fingerprint density at radius 1 is 1.62 bits per heavy atom. The van der Waals surface area contributed by atoms with Gasteiger partial charge in [0.25, 0.3) is 0 Å². The van der Waals surface area contributed by atoms with Crippen LogP contribution in [0.25, 0.3) is 0 Å². The Bertz CT molecular complexity index is 406. The Balaban J connectivity index is 3.39. The third-order valence-corrected chi connectivity index (χ3v) is 2.76. The van der Waals surface area contributed by atoms with Gasteiger partial charge in [0, 0.05) is 17.1 Å². The summed E-state index contributed by atoms with van der Waals surface area (Å²) in [4.78, 5) is 11.1. The van der Waals surface area contributed by atoms with Crippen LogP contribution in [0.3, 0.4) is 0 Å². The zero-order chi connectivity index (χ0) is 12.3. The van der Waals surface area contributed by atoms with E-state index in [1.54, 1.807) is 12.1 Å². The van der Waals surface area contributed by atoms with E-state index in [1.165, 1.54) is 7.11 Å².